The van der Waals surface area contributed by atoms with Crippen LogP contribution < -0.4 is 4.90 Å². The van der Waals surface area contributed by atoms with Crippen LogP contribution in [0.4, 0.5) is 5.69 Å². The number of aromatic nitrogens is 2. The molecule has 0 saturated carbocycles. The molecule has 0 N–H and O–H groups in total. The maximum absolute atomic E-state index is 12.7. The van der Waals surface area contributed by atoms with Crippen molar-refractivity contribution in [2.24, 2.45) is 0 Å². The van der Waals surface area contributed by atoms with E-state index in [-0.39, 0.29) is 25.3 Å². The Balaban J connectivity index is 1.96. The second-order valence-electron chi connectivity index (χ2n) is 6.27. The molecule has 142 valence electrons. The fraction of sp³-hybridized carbons (Fsp3) is 0.400. The number of para-hydroxylation sites is 1. The van der Waals surface area contributed by atoms with Crippen molar-refractivity contribution < 1.29 is 14.3 Å². The number of carbonyl (C=O) groups is 2. The molecule has 1 unspecified atom stereocenters. The number of rotatable bonds is 8. The Labute approximate surface area is 159 Å². The standard InChI is InChI=1S/C20H24N4O3/c1-15-14-16(2)24(22-15)13-10-19(25)27-17(3)20(26)23(12-7-11-21)18-8-5-4-6-9-18/h4-6,8-9,14,17H,7,10,12-13H2,1-3H3. The van der Waals surface area contributed by atoms with Crippen LogP contribution >= 0.6 is 0 Å². The molecule has 0 saturated heterocycles. The first-order valence-electron chi connectivity index (χ1n) is 8.86. The van der Waals surface area contributed by atoms with Crippen molar-refractivity contribution in [2.75, 3.05) is 11.4 Å². The molecule has 1 heterocycles. The Kier molecular flexibility index (Phi) is 7.12. The lowest BCUT2D eigenvalue weighted by molar-refractivity contribution is -0.154. The molecule has 0 aliphatic heterocycles. The molecule has 1 atom stereocenters. The predicted octanol–water partition coefficient (Wildman–Crippen LogP) is 2.77. The highest BCUT2D eigenvalue weighted by Gasteiger charge is 2.24. The normalized spacial score (nSPS) is 11.5. The summed E-state index contributed by atoms with van der Waals surface area (Å²) in [5.41, 5.74) is 2.53. The highest BCUT2D eigenvalue weighted by atomic mass is 16.5. The fourth-order valence-electron chi connectivity index (χ4n) is 2.76. The van der Waals surface area contributed by atoms with E-state index in [2.05, 4.69) is 5.10 Å². The van der Waals surface area contributed by atoms with E-state index in [1.54, 1.807) is 23.7 Å². The molecule has 0 fully saturated rings. The minimum atomic E-state index is -0.933. The van der Waals surface area contributed by atoms with Crippen LogP contribution in [0.15, 0.2) is 36.4 Å². The second kappa shape index (κ2) is 9.53. The molecule has 1 aromatic carbocycles. The van der Waals surface area contributed by atoms with Crippen LogP contribution in [0.25, 0.3) is 0 Å². The number of anilines is 1. The van der Waals surface area contributed by atoms with E-state index in [0.717, 1.165) is 11.4 Å². The fourth-order valence-corrected chi connectivity index (χ4v) is 2.76. The Morgan fingerprint density at radius 2 is 2.00 bits per heavy atom. The summed E-state index contributed by atoms with van der Waals surface area (Å²) in [6.45, 7) is 6.00. The molecule has 1 amide bonds. The van der Waals surface area contributed by atoms with E-state index in [1.807, 2.05) is 44.2 Å². The number of hydrogen-bond donors (Lipinski definition) is 0. The van der Waals surface area contributed by atoms with Crippen molar-refractivity contribution in [2.45, 2.75) is 46.3 Å². The average molecular weight is 368 g/mol. The monoisotopic (exact) mass is 368 g/mol. The van der Waals surface area contributed by atoms with Crippen molar-refractivity contribution >= 4 is 17.6 Å². The number of nitriles is 1. The number of aryl methyl sites for hydroxylation is 3. The Morgan fingerprint density at radius 1 is 1.30 bits per heavy atom. The third-order valence-electron chi connectivity index (χ3n) is 4.07. The SMILES string of the molecule is Cc1cc(C)n(CCC(=O)OC(C)C(=O)N(CCC#N)c2ccccc2)n1. The zero-order valence-electron chi connectivity index (χ0n) is 15.9. The zero-order valence-corrected chi connectivity index (χ0v) is 15.9. The minimum Gasteiger partial charge on any atom is -0.452 e. The summed E-state index contributed by atoms with van der Waals surface area (Å²) in [4.78, 5) is 26.3. The van der Waals surface area contributed by atoms with Crippen LogP contribution in [0.5, 0.6) is 0 Å². The number of nitrogens with zero attached hydrogens (tertiary/aromatic N) is 4. The predicted molar refractivity (Wildman–Crippen MR) is 101 cm³/mol. The summed E-state index contributed by atoms with van der Waals surface area (Å²) in [6.07, 6.45) is -0.612. The zero-order chi connectivity index (χ0) is 19.8. The lowest BCUT2D eigenvalue weighted by Crippen LogP contribution is -2.40. The van der Waals surface area contributed by atoms with Crippen LogP contribution in [-0.2, 0) is 20.9 Å². The molecular weight excluding hydrogens is 344 g/mol. The Bertz CT molecular complexity index is 823. The third-order valence-corrected chi connectivity index (χ3v) is 4.07. The van der Waals surface area contributed by atoms with Gasteiger partial charge in [0.1, 0.15) is 0 Å². The number of amides is 1. The molecule has 0 bridgehead atoms. The van der Waals surface area contributed by atoms with E-state index in [9.17, 15) is 9.59 Å². The quantitative estimate of drug-likeness (QED) is 0.669. The first kappa shape index (κ1) is 20.2. The van der Waals surface area contributed by atoms with E-state index in [4.69, 9.17) is 10.00 Å². The highest BCUT2D eigenvalue weighted by molar-refractivity contribution is 5.97. The molecule has 2 rings (SSSR count). The minimum absolute atomic E-state index is 0.128. The van der Waals surface area contributed by atoms with Crippen molar-refractivity contribution in [1.82, 2.24) is 9.78 Å². The maximum atomic E-state index is 12.7. The summed E-state index contributed by atoms with van der Waals surface area (Å²) >= 11 is 0. The Hall–Kier alpha value is -3.14. The first-order chi connectivity index (χ1) is 12.9. The van der Waals surface area contributed by atoms with E-state index >= 15 is 0 Å². The Morgan fingerprint density at radius 3 is 2.59 bits per heavy atom. The summed E-state index contributed by atoms with van der Waals surface area (Å²) in [7, 11) is 0. The van der Waals surface area contributed by atoms with Crippen LogP contribution in [0.3, 0.4) is 0 Å². The smallest absolute Gasteiger partial charge is 0.308 e. The number of ether oxygens (including phenoxy) is 1. The van der Waals surface area contributed by atoms with Gasteiger partial charge in [0.25, 0.3) is 5.91 Å². The van der Waals surface area contributed by atoms with Crippen LogP contribution in [0.1, 0.15) is 31.2 Å². The van der Waals surface area contributed by atoms with Gasteiger partial charge in [-0.3, -0.25) is 14.3 Å². The van der Waals surface area contributed by atoms with Gasteiger partial charge < -0.3 is 9.64 Å². The van der Waals surface area contributed by atoms with Crippen molar-refractivity contribution in [3.05, 3.63) is 47.8 Å². The van der Waals surface area contributed by atoms with Gasteiger partial charge in [-0.25, -0.2) is 0 Å². The van der Waals surface area contributed by atoms with Gasteiger partial charge >= 0.3 is 5.97 Å². The number of hydrogen-bond acceptors (Lipinski definition) is 5. The van der Waals surface area contributed by atoms with Gasteiger partial charge in [-0.2, -0.15) is 10.4 Å². The van der Waals surface area contributed by atoms with Gasteiger partial charge in [0.05, 0.1) is 31.1 Å². The molecular formula is C20H24N4O3. The lowest BCUT2D eigenvalue weighted by Gasteiger charge is -2.25. The summed E-state index contributed by atoms with van der Waals surface area (Å²) in [6, 6.07) is 13.0. The van der Waals surface area contributed by atoms with Crippen LogP contribution in [-0.4, -0.2) is 34.3 Å². The van der Waals surface area contributed by atoms with E-state index < -0.39 is 12.1 Å². The highest BCUT2D eigenvalue weighted by Crippen LogP contribution is 2.16. The molecule has 27 heavy (non-hydrogen) atoms. The molecule has 1 aromatic heterocycles. The molecule has 0 spiro atoms. The van der Waals surface area contributed by atoms with Gasteiger partial charge in [0, 0.05) is 17.9 Å². The van der Waals surface area contributed by atoms with Crippen molar-refractivity contribution in [3.63, 3.8) is 0 Å². The molecule has 7 heteroatoms. The van der Waals surface area contributed by atoms with Gasteiger partial charge in [-0.1, -0.05) is 18.2 Å². The van der Waals surface area contributed by atoms with Crippen molar-refractivity contribution in [1.29, 1.82) is 5.26 Å². The number of esters is 1. The summed E-state index contributed by atoms with van der Waals surface area (Å²) < 4.78 is 7.05. The first-order valence-corrected chi connectivity index (χ1v) is 8.86. The van der Waals surface area contributed by atoms with Gasteiger partial charge in [0.15, 0.2) is 6.10 Å². The number of benzene rings is 1. The summed E-state index contributed by atoms with van der Waals surface area (Å²) in [5, 5.41) is 13.1. The van der Waals surface area contributed by atoms with Crippen LogP contribution in [0, 0.1) is 25.2 Å². The molecule has 0 radical (unpaired) electrons. The second-order valence-corrected chi connectivity index (χ2v) is 6.27. The molecule has 0 aliphatic carbocycles. The average Bonchev–Trinajstić information content (AvgIpc) is 2.98. The van der Waals surface area contributed by atoms with E-state index in [1.165, 1.54) is 4.90 Å². The maximum Gasteiger partial charge on any atom is 0.308 e. The molecule has 7 nitrogen and oxygen atoms in total. The number of carbonyl (C=O) groups excluding carboxylic acids is 2. The lowest BCUT2D eigenvalue weighted by atomic mass is 10.2. The van der Waals surface area contributed by atoms with Crippen LogP contribution in [0.2, 0.25) is 0 Å². The topological polar surface area (TPSA) is 88.2 Å². The molecule has 0 aliphatic rings. The van der Waals surface area contributed by atoms with Gasteiger partial charge in [-0.05, 0) is 39.0 Å². The van der Waals surface area contributed by atoms with Gasteiger partial charge in [-0.15, -0.1) is 0 Å². The van der Waals surface area contributed by atoms with Crippen molar-refractivity contribution in [3.8, 4) is 6.07 Å². The van der Waals surface area contributed by atoms with E-state index in [0.29, 0.717) is 12.2 Å². The van der Waals surface area contributed by atoms with Gasteiger partial charge in [0.2, 0.25) is 0 Å². The summed E-state index contributed by atoms with van der Waals surface area (Å²) in [5.74, 6) is -0.812. The third kappa shape index (κ3) is 5.68. The molecule has 2 aromatic rings. The largest absolute Gasteiger partial charge is 0.452 e.